The van der Waals surface area contributed by atoms with Crippen molar-refractivity contribution in [1.29, 1.82) is 0 Å². The largest absolute Gasteiger partial charge is 0.396 e. The van der Waals surface area contributed by atoms with Crippen LogP contribution in [0.3, 0.4) is 0 Å². The van der Waals surface area contributed by atoms with Gasteiger partial charge in [-0.1, -0.05) is 12.8 Å². The SMILES string of the molecule is Nc1cnccc1S(=O)(=O)Cc1ccn(C2CCCC2)n1. The molecule has 0 saturated heterocycles. The Hall–Kier alpha value is -1.89. The van der Waals surface area contributed by atoms with Crippen LogP contribution in [-0.2, 0) is 15.6 Å². The average Bonchev–Trinajstić information content (AvgIpc) is 3.09. The summed E-state index contributed by atoms with van der Waals surface area (Å²) >= 11 is 0. The maximum absolute atomic E-state index is 12.4. The maximum Gasteiger partial charge on any atom is 0.186 e. The molecule has 0 unspecified atom stereocenters. The molecule has 2 aromatic heterocycles. The summed E-state index contributed by atoms with van der Waals surface area (Å²) in [5.41, 5.74) is 6.43. The molecule has 0 spiro atoms. The minimum Gasteiger partial charge on any atom is -0.396 e. The van der Waals surface area contributed by atoms with Crippen molar-refractivity contribution in [3.8, 4) is 0 Å². The molecule has 0 aromatic carbocycles. The van der Waals surface area contributed by atoms with Gasteiger partial charge < -0.3 is 5.73 Å². The van der Waals surface area contributed by atoms with Gasteiger partial charge in [-0.3, -0.25) is 9.67 Å². The van der Waals surface area contributed by atoms with E-state index in [0.717, 1.165) is 12.8 Å². The van der Waals surface area contributed by atoms with E-state index in [1.165, 1.54) is 31.3 Å². The Kier molecular flexibility index (Phi) is 3.67. The molecule has 3 rings (SSSR count). The van der Waals surface area contributed by atoms with Crippen molar-refractivity contribution in [3.05, 3.63) is 36.4 Å². The monoisotopic (exact) mass is 306 g/mol. The normalized spacial score (nSPS) is 16.4. The number of sulfone groups is 1. The van der Waals surface area contributed by atoms with Crippen LogP contribution in [0, 0.1) is 0 Å². The summed E-state index contributed by atoms with van der Waals surface area (Å²) in [6.07, 6.45) is 9.31. The molecule has 1 aliphatic carbocycles. The fourth-order valence-electron chi connectivity index (χ4n) is 2.78. The summed E-state index contributed by atoms with van der Waals surface area (Å²) < 4.78 is 26.7. The number of rotatable bonds is 4. The molecule has 0 radical (unpaired) electrons. The van der Waals surface area contributed by atoms with E-state index in [4.69, 9.17) is 5.73 Å². The molecule has 1 saturated carbocycles. The van der Waals surface area contributed by atoms with Crippen LogP contribution < -0.4 is 5.73 Å². The van der Waals surface area contributed by atoms with E-state index in [1.807, 2.05) is 10.9 Å². The Balaban J connectivity index is 1.81. The maximum atomic E-state index is 12.4. The summed E-state index contributed by atoms with van der Waals surface area (Å²) in [6, 6.07) is 3.61. The lowest BCUT2D eigenvalue weighted by Gasteiger charge is -2.09. The van der Waals surface area contributed by atoms with Gasteiger partial charge in [-0.25, -0.2) is 8.42 Å². The number of hydrogen-bond donors (Lipinski definition) is 1. The molecule has 2 heterocycles. The first-order chi connectivity index (χ1) is 10.1. The number of hydrogen-bond acceptors (Lipinski definition) is 5. The van der Waals surface area contributed by atoms with Gasteiger partial charge in [0.15, 0.2) is 9.84 Å². The van der Waals surface area contributed by atoms with E-state index in [-0.39, 0.29) is 16.3 Å². The van der Waals surface area contributed by atoms with E-state index in [1.54, 1.807) is 6.07 Å². The molecular formula is C14H18N4O2S. The average molecular weight is 306 g/mol. The molecular weight excluding hydrogens is 288 g/mol. The van der Waals surface area contributed by atoms with Crippen LogP contribution in [0.2, 0.25) is 0 Å². The molecule has 2 aromatic rings. The number of nitrogens with two attached hydrogens (primary N) is 1. The van der Waals surface area contributed by atoms with E-state index in [0.29, 0.717) is 11.7 Å². The molecule has 1 aliphatic rings. The second-order valence-corrected chi connectivity index (χ2v) is 7.36. The summed E-state index contributed by atoms with van der Waals surface area (Å²) in [5, 5.41) is 4.41. The number of nitrogens with zero attached hydrogens (tertiary/aromatic N) is 3. The molecule has 2 N–H and O–H groups in total. The highest BCUT2D eigenvalue weighted by Gasteiger charge is 2.22. The molecule has 21 heavy (non-hydrogen) atoms. The Morgan fingerprint density at radius 1 is 1.29 bits per heavy atom. The molecule has 0 aliphatic heterocycles. The van der Waals surface area contributed by atoms with Gasteiger partial charge in [0.2, 0.25) is 0 Å². The van der Waals surface area contributed by atoms with Crippen molar-refractivity contribution in [2.45, 2.75) is 42.4 Å². The van der Waals surface area contributed by atoms with E-state index in [9.17, 15) is 8.42 Å². The van der Waals surface area contributed by atoms with E-state index in [2.05, 4.69) is 10.1 Å². The van der Waals surface area contributed by atoms with Crippen molar-refractivity contribution >= 4 is 15.5 Å². The molecule has 0 atom stereocenters. The van der Waals surface area contributed by atoms with Crippen LogP contribution in [0.25, 0.3) is 0 Å². The second-order valence-electron chi connectivity index (χ2n) is 5.40. The Morgan fingerprint density at radius 3 is 2.76 bits per heavy atom. The van der Waals surface area contributed by atoms with Crippen LogP contribution in [0.15, 0.2) is 35.6 Å². The number of anilines is 1. The van der Waals surface area contributed by atoms with E-state index >= 15 is 0 Å². The minimum atomic E-state index is -3.50. The van der Waals surface area contributed by atoms with Crippen molar-refractivity contribution in [3.63, 3.8) is 0 Å². The molecule has 6 nitrogen and oxygen atoms in total. The topological polar surface area (TPSA) is 90.9 Å². The first-order valence-corrected chi connectivity index (χ1v) is 8.68. The third kappa shape index (κ3) is 2.92. The molecule has 0 amide bonds. The quantitative estimate of drug-likeness (QED) is 0.932. The Labute approximate surface area is 123 Å². The summed E-state index contributed by atoms with van der Waals surface area (Å²) in [4.78, 5) is 3.93. The Morgan fingerprint density at radius 2 is 2.05 bits per heavy atom. The lowest BCUT2D eigenvalue weighted by molar-refractivity contribution is 0.464. The first-order valence-electron chi connectivity index (χ1n) is 7.02. The fraction of sp³-hybridized carbons (Fsp3) is 0.429. The van der Waals surface area contributed by atoms with Crippen LogP contribution in [-0.4, -0.2) is 23.2 Å². The highest BCUT2D eigenvalue weighted by atomic mass is 32.2. The minimum absolute atomic E-state index is 0.118. The Bertz CT molecular complexity index is 733. The predicted octanol–water partition coefficient (Wildman–Crippen LogP) is 1.95. The van der Waals surface area contributed by atoms with Crippen molar-refractivity contribution in [2.24, 2.45) is 0 Å². The highest BCUT2D eigenvalue weighted by Crippen LogP contribution is 2.29. The molecule has 1 fully saturated rings. The van der Waals surface area contributed by atoms with Gasteiger partial charge >= 0.3 is 0 Å². The van der Waals surface area contributed by atoms with Gasteiger partial charge in [0, 0.05) is 12.4 Å². The predicted molar refractivity (Wildman–Crippen MR) is 79.3 cm³/mol. The number of pyridine rings is 1. The van der Waals surface area contributed by atoms with Crippen LogP contribution in [0.5, 0.6) is 0 Å². The number of nitrogen functional groups attached to an aromatic ring is 1. The van der Waals surface area contributed by atoms with Crippen molar-refractivity contribution in [2.75, 3.05) is 5.73 Å². The van der Waals surface area contributed by atoms with Crippen molar-refractivity contribution in [1.82, 2.24) is 14.8 Å². The summed E-state index contributed by atoms with van der Waals surface area (Å²) in [6.45, 7) is 0. The highest BCUT2D eigenvalue weighted by molar-refractivity contribution is 7.90. The van der Waals surface area contributed by atoms with Crippen LogP contribution >= 0.6 is 0 Å². The third-order valence-corrected chi connectivity index (χ3v) is 5.56. The third-order valence-electron chi connectivity index (χ3n) is 3.85. The summed E-state index contributed by atoms with van der Waals surface area (Å²) in [5.74, 6) is -0.138. The van der Waals surface area contributed by atoms with Gasteiger partial charge in [0.05, 0.1) is 34.3 Å². The molecule has 0 bridgehead atoms. The molecule has 7 heteroatoms. The molecule has 112 valence electrons. The van der Waals surface area contributed by atoms with Gasteiger partial charge in [0.1, 0.15) is 0 Å². The van der Waals surface area contributed by atoms with Crippen LogP contribution in [0.4, 0.5) is 5.69 Å². The van der Waals surface area contributed by atoms with Gasteiger partial charge in [-0.15, -0.1) is 0 Å². The fourth-order valence-corrected chi connectivity index (χ4v) is 4.15. The zero-order valence-electron chi connectivity index (χ0n) is 11.6. The van der Waals surface area contributed by atoms with Gasteiger partial charge in [0.25, 0.3) is 0 Å². The van der Waals surface area contributed by atoms with Gasteiger partial charge in [-0.05, 0) is 25.0 Å². The van der Waals surface area contributed by atoms with Crippen LogP contribution in [0.1, 0.15) is 37.4 Å². The lowest BCUT2D eigenvalue weighted by atomic mass is 10.3. The lowest BCUT2D eigenvalue weighted by Crippen LogP contribution is -2.10. The number of aromatic nitrogens is 3. The zero-order valence-corrected chi connectivity index (χ0v) is 12.5. The smallest absolute Gasteiger partial charge is 0.186 e. The first kappa shape index (κ1) is 14.1. The van der Waals surface area contributed by atoms with Gasteiger partial charge in [-0.2, -0.15) is 5.10 Å². The van der Waals surface area contributed by atoms with E-state index < -0.39 is 9.84 Å². The van der Waals surface area contributed by atoms with Crippen molar-refractivity contribution < 1.29 is 8.42 Å². The summed E-state index contributed by atoms with van der Waals surface area (Å²) in [7, 11) is -3.50. The second kappa shape index (κ2) is 5.48. The zero-order chi connectivity index (χ0) is 14.9. The standard InChI is InChI=1S/C14H18N4O2S/c15-13-9-16-7-5-14(13)21(19,20)10-11-6-8-18(17-11)12-3-1-2-4-12/h5-9,12H,1-4,10,15H2.